The summed E-state index contributed by atoms with van der Waals surface area (Å²) in [5.74, 6) is -0.410. The van der Waals surface area contributed by atoms with Gasteiger partial charge >= 0.3 is 5.97 Å². The number of esters is 1. The van der Waals surface area contributed by atoms with Crippen LogP contribution in [0.3, 0.4) is 0 Å². The summed E-state index contributed by atoms with van der Waals surface area (Å²) in [6.45, 7) is 7.58. The quantitative estimate of drug-likeness (QED) is 0.283. The van der Waals surface area contributed by atoms with E-state index in [1.54, 1.807) is 20.8 Å². The summed E-state index contributed by atoms with van der Waals surface area (Å²) in [6, 6.07) is 0. The molecule has 0 aliphatic rings. The molecular formula is C14H26O3. The lowest BCUT2D eigenvalue weighted by atomic mass is 10.1. The molecule has 0 rings (SSSR count). The molecule has 0 amide bonds. The van der Waals surface area contributed by atoms with Gasteiger partial charge in [-0.2, -0.15) is 0 Å². The van der Waals surface area contributed by atoms with Gasteiger partial charge < -0.3 is 4.74 Å². The zero-order valence-electron chi connectivity index (χ0n) is 11.7. The van der Waals surface area contributed by atoms with Gasteiger partial charge in [0.2, 0.25) is 0 Å². The molecule has 0 aliphatic heterocycles. The molecule has 0 heterocycles. The monoisotopic (exact) mass is 243 g/mol. The van der Waals surface area contributed by atoms with Gasteiger partial charge in [-0.05, 0) is 27.2 Å². The third-order valence-corrected chi connectivity index (χ3v) is 2.32. The van der Waals surface area contributed by atoms with Crippen LogP contribution in [0.25, 0.3) is 0 Å². The Morgan fingerprint density at radius 3 is 2.12 bits per heavy atom. The van der Waals surface area contributed by atoms with Gasteiger partial charge in [-0.25, -0.2) is 0 Å². The SMILES string of the molecule is CCCCCCC[13C](=O)CC(=O)OC(C)(C)C. The van der Waals surface area contributed by atoms with E-state index in [1.807, 2.05) is 0 Å². The number of ketones is 1. The summed E-state index contributed by atoms with van der Waals surface area (Å²) < 4.78 is 5.09. The highest BCUT2D eigenvalue weighted by Crippen LogP contribution is 2.10. The van der Waals surface area contributed by atoms with E-state index in [4.69, 9.17) is 4.74 Å². The first-order valence-corrected chi connectivity index (χ1v) is 6.58. The highest BCUT2D eigenvalue weighted by molar-refractivity contribution is 5.95. The third-order valence-electron chi connectivity index (χ3n) is 2.32. The van der Waals surface area contributed by atoms with E-state index in [2.05, 4.69) is 6.92 Å². The number of carbonyl (C=O) groups is 2. The minimum atomic E-state index is -0.501. The van der Waals surface area contributed by atoms with E-state index in [-0.39, 0.29) is 12.2 Å². The number of unbranched alkanes of at least 4 members (excludes halogenated alkanes) is 4. The zero-order valence-corrected chi connectivity index (χ0v) is 11.7. The molecule has 0 aliphatic carbocycles. The molecule has 100 valence electrons. The summed E-state index contributed by atoms with van der Waals surface area (Å²) in [5, 5.41) is 0. The summed E-state index contributed by atoms with van der Waals surface area (Å²) in [6.07, 6.45) is 5.99. The molecule has 3 nitrogen and oxygen atoms in total. The van der Waals surface area contributed by atoms with Crippen molar-refractivity contribution in [1.29, 1.82) is 0 Å². The molecule has 0 unspecified atom stereocenters. The summed E-state index contributed by atoms with van der Waals surface area (Å²) in [7, 11) is 0. The topological polar surface area (TPSA) is 43.4 Å². The minimum absolute atomic E-state index is 0.00394. The first-order chi connectivity index (χ1) is 7.85. The van der Waals surface area contributed by atoms with Crippen LogP contribution in [0, 0.1) is 0 Å². The van der Waals surface area contributed by atoms with Gasteiger partial charge in [0.15, 0.2) is 0 Å². The Morgan fingerprint density at radius 2 is 1.59 bits per heavy atom. The van der Waals surface area contributed by atoms with E-state index in [0.717, 1.165) is 12.8 Å². The van der Waals surface area contributed by atoms with Crippen molar-refractivity contribution >= 4 is 11.8 Å². The molecule has 0 saturated carbocycles. The highest BCUT2D eigenvalue weighted by Gasteiger charge is 2.18. The Bertz CT molecular complexity index is 238. The van der Waals surface area contributed by atoms with Crippen LogP contribution in [0.4, 0.5) is 0 Å². The first kappa shape index (κ1) is 16.1. The van der Waals surface area contributed by atoms with Crippen LogP contribution in [-0.4, -0.2) is 17.4 Å². The first-order valence-electron chi connectivity index (χ1n) is 6.58. The summed E-state index contributed by atoms with van der Waals surface area (Å²) in [5.41, 5.74) is -0.501. The number of Topliss-reactive ketones (excluding diaryl/α,β-unsaturated/α-hetero) is 1. The van der Waals surface area contributed by atoms with Crippen LogP contribution >= 0.6 is 0 Å². The van der Waals surface area contributed by atoms with Crippen molar-refractivity contribution in [3.05, 3.63) is 0 Å². The fraction of sp³-hybridized carbons (Fsp3) is 0.857. The van der Waals surface area contributed by atoms with Crippen molar-refractivity contribution in [2.45, 2.75) is 78.2 Å². The number of hydrogen-bond acceptors (Lipinski definition) is 3. The van der Waals surface area contributed by atoms with Gasteiger partial charge in [0, 0.05) is 6.42 Å². The zero-order chi connectivity index (χ0) is 13.3. The van der Waals surface area contributed by atoms with Crippen molar-refractivity contribution in [3.63, 3.8) is 0 Å². The third kappa shape index (κ3) is 11.4. The predicted octanol–water partition coefficient (Wildman–Crippen LogP) is 3.65. The maximum atomic E-state index is 11.5. The second kappa shape index (κ2) is 8.26. The lowest BCUT2D eigenvalue weighted by Gasteiger charge is -2.19. The van der Waals surface area contributed by atoms with E-state index >= 15 is 0 Å². The number of ether oxygens (including phenoxy) is 1. The standard InChI is InChI=1S/C14H26O3/c1-5-6-7-8-9-10-12(15)11-13(16)17-14(2,3)4/h5-11H2,1-4H3/i12+1. The lowest BCUT2D eigenvalue weighted by Crippen LogP contribution is -2.25. The maximum absolute atomic E-state index is 11.5. The molecule has 0 bridgehead atoms. The van der Waals surface area contributed by atoms with E-state index in [1.165, 1.54) is 19.3 Å². The van der Waals surface area contributed by atoms with Gasteiger partial charge in [-0.1, -0.05) is 32.6 Å². The number of carbonyl (C=O) groups excluding carboxylic acids is 2. The molecular weight excluding hydrogens is 217 g/mol. The Hall–Kier alpha value is -0.860. The van der Waals surface area contributed by atoms with Gasteiger partial charge in [0.05, 0.1) is 0 Å². The van der Waals surface area contributed by atoms with Crippen LogP contribution in [-0.2, 0) is 14.3 Å². The molecule has 0 N–H and O–H groups in total. The van der Waals surface area contributed by atoms with Crippen LogP contribution in [0.5, 0.6) is 0 Å². The van der Waals surface area contributed by atoms with Crippen molar-refractivity contribution in [3.8, 4) is 0 Å². The van der Waals surface area contributed by atoms with Crippen molar-refractivity contribution in [2.24, 2.45) is 0 Å². The van der Waals surface area contributed by atoms with Gasteiger partial charge in [0.25, 0.3) is 0 Å². The average Bonchev–Trinajstić information content (AvgIpc) is 2.14. The van der Waals surface area contributed by atoms with Gasteiger partial charge in [0.1, 0.15) is 17.8 Å². The fourth-order valence-electron chi connectivity index (χ4n) is 1.55. The summed E-state index contributed by atoms with van der Waals surface area (Å²) in [4.78, 5) is 22.8. The molecule has 0 saturated heterocycles. The Morgan fingerprint density at radius 1 is 1.00 bits per heavy atom. The largest absolute Gasteiger partial charge is 0.460 e. The van der Waals surface area contributed by atoms with Gasteiger partial charge in [-0.3, -0.25) is 9.59 Å². The van der Waals surface area contributed by atoms with E-state index in [0.29, 0.717) is 6.42 Å². The second-order valence-electron chi connectivity index (χ2n) is 5.47. The Kier molecular flexibility index (Phi) is 7.85. The van der Waals surface area contributed by atoms with E-state index < -0.39 is 11.6 Å². The fourth-order valence-corrected chi connectivity index (χ4v) is 1.55. The molecule has 3 heteroatoms. The molecule has 0 aromatic carbocycles. The minimum Gasteiger partial charge on any atom is -0.460 e. The van der Waals surface area contributed by atoms with Crippen molar-refractivity contribution in [1.82, 2.24) is 0 Å². The maximum Gasteiger partial charge on any atom is 0.313 e. The Balaban J connectivity index is 3.61. The normalized spacial score (nSPS) is 11.3. The predicted molar refractivity (Wildman–Crippen MR) is 68.8 cm³/mol. The van der Waals surface area contributed by atoms with Crippen molar-refractivity contribution in [2.75, 3.05) is 0 Å². The smallest absolute Gasteiger partial charge is 0.313 e. The lowest BCUT2D eigenvalue weighted by molar-refractivity contribution is -0.156. The number of rotatable bonds is 8. The van der Waals surface area contributed by atoms with Crippen LogP contribution < -0.4 is 0 Å². The molecule has 0 aromatic rings. The average molecular weight is 243 g/mol. The number of hydrogen-bond donors (Lipinski definition) is 0. The molecule has 0 radical (unpaired) electrons. The molecule has 0 fully saturated rings. The molecule has 0 aromatic heterocycles. The Labute approximate surface area is 105 Å². The second-order valence-corrected chi connectivity index (χ2v) is 5.47. The van der Waals surface area contributed by atoms with Crippen LogP contribution in [0.2, 0.25) is 0 Å². The van der Waals surface area contributed by atoms with Crippen molar-refractivity contribution < 1.29 is 14.3 Å². The highest BCUT2D eigenvalue weighted by atomic mass is 16.6. The molecule has 0 spiro atoms. The van der Waals surface area contributed by atoms with Crippen LogP contribution in [0.15, 0.2) is 0 Å². The van der Waals surface area contributed by atoms with Gasteiger partial charge in [-0.15, -0.1) is 0 Å². The van der Waals surface area contributed by atoms with E-state index in [9.17, 15) is 9.59 Å². The molecule has 0 atom stereocenters. The summed E-state index contributed by atoms with van der Waals surface area (Å²) >= 11 is 0. The van der Waals surface area contributed by atoms with Crippen LogP contribution in [0.1, 0.15) is 72.6 Å². The molecule has 17 heavy (non-hydrogen) atoms.